The first-order valence-electron chi connectivity index (χ1n) is 14.5. The van der Waals surface area contributed by atoms with Gasteiger partial charge in [-0.3, -0.25) is 19.2 Å². The van der Waals surface area contributed by atoms with Crippen molar-refractivity contribution in [3.05, 3.63) is 58.6 Å². The Morgan fingerprint density at radius 2 is 1.85 bits per heavy atom. The molecule has 0 atom stereocenters. The summed E-state index contributed by atoms with van der Waals surface area (Å²) in [6.45, 7) is 1.95. The molecule has 2 aromatic heterocycles. The second-order valence-corrected chi connectivity index (χ2v) is 11.0. The number of rotatable bonds is 11. The van der Waals surface area contributed by atoms with Crippen molar-refractivity contribution in [2.75, 3.05) is 57.2 Å². The van der Waals surface area contributed by atoms with Gasteiger partial charge in [-0.15, -0.1) is 0 Å². The van der Waals surface area contributed by atoms with E-state index in [1.807, 2.05) is 0 Å². The molecule has 0 unspecified atom stereocenters. The summed E-state index contributed by atoms with van der Waals surface area (Å²) < 4.78 is 35.8. The molecule has 17 heteroatoms. The third kappa shape index (κ3) is 9.67. The predicted octanol–water partition coefficient (Wildman–Crippen LogP) is 2.52. The molecule has 14 nitrogen and oxygen atoms in total. The lowest BCUT2D eigenvalue weighted by Crippen LogP contribution is -2.46. The quantitative estimate of drug-likeness (QED) is 0.133. The molecule has 1 fully saturated rings. The number of hydrogen-bond donors (Lipinski definition) is 4. The normalized spacial score (nSPS) is 13.0. The van der Waals surface area contributed by atoms with E-state index in [1.54, 1.807) is 19.0 Å². The summed E-state index contributed by atoms with van der Waals surface area (Å²) in [6.07, 6.45) is 2.75. The second-order valence-electron chi connectivity index (χ2n) is 10.6. The van der Waals surface area contributed by atoms with Crippen LogP contribution in [0, 0.1) is 11.8 Å². The van der Waals surface area contributed by atoms with Crippen LogP contribution in [0.5, 0.6) is 0 Å². The molecule has 0 bridgehead atoms. The lowest BCUT2D eigenvalue weighted by molar-refractivity contribution is -0.133. The van der Waals surface area contributed by atoms with E-state index in [0.717, 1.165) is 6.07 Å². The first-order chi connectivity index (χ1) is 22.4. The number of hydrogen-bond acceptors (Lipinski definition) is 9. The molecule has 0 aliphatic carbocycles. The van der Waals surface area contributed by atoms with Crippen LogP contribution in [0.4, 0.5) is 20.3 Å². The van der Waals surface area contributed by atoms with Crippen LogP contribution in [-0.2, 0) is 21.4 Å². The van der Waals surface area contributed by atoms with Crippen molar-refractivity contribution in [2.24, 2.45) is 12.8 Å². The van der Waals surface area contributed by atoms with Gasteiger partial charge in [0.2, 0.25) is 11.9 Å². The number of pyridine rings is 1. The lowest BCUT2D eigenvalue weighted by Gasteiger charge is -2.32. The molecule has 1 aliphatic rings. The Morgan fingerprint density at radius 1 is 1.17 bits per heavy atom. The second kappa shape index (κ2) is 17.3. The molecular weight excluding hydrogens is 642 g/mol. The van der Waals surface area contributed by atoms with E-state index in [1.165, 1.54) is 40.9 Å². The number of carbonyl (C=O) groups is 4. The van der Waals surface area contributed by atoms with Gasteiger partial charge in [-0.25, -0.2) is 9.37 Å². The van der Waals surface area contributed by atoms with Gasteiger partial charge in [0.15, 0.2) is 17.5 Å². The smallest absolute Gasteiger partial charge is 0.291 e. The van der Waals surface area contributed by atoms with Gasteiger partial charge in [0, 0.05) is 52.5 Å². The number of nitrogens with two attached hydrogens (primary N) is 1. The molecule has 1 aromatic carbocycles. The van der Waals surface area contributed by atoms with E-state index in [0.29, 0.717) is 51.4 Å². The largest absolute Gasteiger partial charge is 0.483 e. The van der Waals surface area contributed by atoms with Gasteiger partial charge in [-0.1, -0.05) is 11.6 Å². The van der Waals surface area contributed by atoms with Crippen LogP contribution in [0.15, 0.2) is 30.5 Å². The molecule has 4 rings (SSSR count). The number of piperidine rings is 1. The van der Waals surface area contributed by atoms with Crippen molar-refractivity contribution < 1.29 is 37.8 Å². The summed E-state index contributed by atoms with van der Waals surface area (Å²) in [5.41, 5.74) is 5.92. The number of imidazole rings is 1. The molecular formula is C30H37ClF2N8O6. The predicted molar refractivity (Wildman–Crippen MR) is 170 cm³/mol. The zero-order valence-electron chi connectivity index (χ0n) is 26.1. The number of amides is 3. The Kier molecular flexibility index (Phi) is 13.5. The van der Waals surface area contributed by atoms with Crippen molar-refractivity contribution in [1.82, 2.24) is 24.8 Å². The monoisotopic (exact) mass is 678 g/mol. The highest BCUT2D eigenvalue weighted by molar-refractivity contribution is 6.34. The number of ether oxygens (including phenoxy) is 1. The molecule has 0 saturated carbocycles. The van der Waals surface area contributed by atoms with E-state index in [9.17, 15) is 23.2 Å². The maximum absolute atomic E-state index is 14.7. The molecule has 3 aromatic rings. The molecule has 0 radical (unpaired) electrons. The van der Waals surface area contributed by atoms with Crippen molar-refractivity contribution in [3.8, 4) is 11.3 Å². The minimum Gasteiger partial charge on any atom is -0.483 e. The number of nitrogens with one attached hydrogen (secondary N) is 2. The molecule has 1 saturated heterocycles. The highest BCUT2D eigenvalue weighted by Crippen LogP contribution is 2.28. The Labute approximate surface area is 274 Å². The van der Waals surface area contributed by atoms with Gasteiger partial charge in [0.1, 0.15) is 0 Å². The highest BCUT2D eigenvalue weighted by atomic mass is 35.5. The van der Waals surface area contributed by atoms with Gasteiger partial charge >= 0.3 is 0 Å². The zero-order valence-corrected chi connectivity index (χ0v) is 26.9. The van der Waals surface area contributed by atoms with Crippen LogP contribution in [0.3, 0.4) is 0 Å². The van der Waals surface area contributed by atoms with Gasteiger partial charge in [0.05, 0.1) is 47.7 Å². The third-order valence-corrected chi connectivity index (χ3v) is 7.49. The Balaban J connectivity index is 0.00000192. The van der Waals surface area contributed by atoms with Crippen LogP contribution in [0.2, 0.25) is 5.02 Å². The first kappa shape index (κ1) is 36.8. The summed E-state index contributed by atoms with van der Waals surface area (Å²) >= 11 is 6.40. The average molecular weight is 679 g/mol. The Hall–Kier alpha value is -4.67. The molecule has 3 amide bonds. The fourth-order valence-corrected chi connectivity index (χ4v) is 5.09. The molecule has 47 heavy (non-hydrogen) atoms. The van der Waals surface area contributed by atoms with Gasteiger partial charge in [0.25, 0.3) is 18.3 Å². The number of anilines is 2. The van der Waals surface area contributed by atoms with Crippen molar-refractivity contribution in [3.63, 3.8) is 0 Å². The SMILES string of the molecule is CN(C)c1nc(F)c(-c2cnc(C(=O)Nc3ccc(C(=O)NC4CCN(C(=O)CCOCCN)CC4)c(Cl)c3)n2C)cc1F.O=CO. The van der Waals surface area contributed by atoms with Crippen LogP contribution >= 0.6 is 11.6 Å². The topological polar surface area (TPSA) is 185 Å². The van der Waals surface area contributed by atoms with Gasteiger partial charge < -0.3 is 40.6 Å². The minimum absolute atomic E-state index is 0.00553. The summed E-state index contributed by atoms with van der Waals surface area (Å²) in [5, 5.41) is 12.6. The summed E-state index contributed by atoms with van der Waals surface area (Å²) in [5.74, 6) is -2.85. The zero-order chi connectivity index (χ0) is 34.7. The van der Waals surface area contributed by atoms with Crippen LogP contribution < -0.4 is 21.3 Å². The minimum atomic E-state index is -0.908. The van der Waals surface area contributed by atoms with Gasteiger partial charge in [-0.05, 0) is 37.1 Å². The van der Waals surface area contributed by atoms with E-state index in [-0.39, 0.29) is 64.2 Å². The maximum Gasteiger partial charge on any atom is 0.291 e. The fourth-order valence-electron chi connectivity index (χ4n) is 4.82. The first-order valence-corrected chi connectivity index (χ1v) is 14.9. The van der Waals surface area contributed by atoms with Crippen LogP contribution in [0.25, 0.3) is 11.3 Å². The van der Waals surface area contributed by atoms with Crippen LogP contribution in [-0.4, -0.2) is 102 Å². The van der Waals surface area contributed by atoms with E-state index >= 15 is 0 Å². The van der Waals surface area contributed by atoms with Crippen molar-refractivity contribution >= 4 is 47.3 Å². The van der Waals surface area contributed by atoms with Crippen LogP contribution in [0.1, 0.15) is 40.2 Å². The number of carboxylic acid groups (broad SMARTS) is 1. The number of benzene rings is 1. The molecule has 0 spiro atoms. The maximum atomic E-state index is 14.7. The average Bonchev–Trinajstić information content (AvgIpc) is 3.41. The standard InChI is InChI=1S/C29H35ClF2N8O4.CH2O2/c1-38(2)26-22(31)15-20(25(32)37-26)23-16-34-27(39(23)3)29(43)36-18-4-5-19(21(30)14-18)28(42)35-17-6-10-40(11-7-17)24(41)8-12-44-13-9-33;2-1-3/h4-5,14-17H,6-13,33H2,1-3H3,(H,35,42)(H,36,43);1H,(H,2,3). The number of nitrogens with zero attached hydrogens (tertiary/aromatic N) is 5. The Morgan fingerprint density at radius 3 is 2.47 bits per heavy atom. The van der Waals surface area contributed by atoms with Gasteiger partial charge in [-0.2, -0.15) is 9.37 Å². The number of likely N-dealkylation sites (tertiary alicyclic amines) is 1. The lowest BCUT2D eigenvalue weighted by atomic mass is 10.0. The van der Waals surface area contributed by atoms with E-state index < -0.39 is 17.7 Å². The molecule has 1 aliphatic heterocycles. The molecule has 3 heterocycles. The molecule has 254 valence electrons. The van der Waals surface area contributed by atoms with E-state index in [4.69, 9.17) is 32.0 Å². The van der Waals surface area contributed by atoms with E-state index in [2.05, 4.69) is 20.6 Å². The summed E-state index contributed by atoms with van der Waals surface area (Å²) in [7, 11) is 4.58. The third-order valence-electron chi connectivity index (χ3n) is 7.18. The number of halogens is 3. The fraction of sp³-hybridized carbons (Fsp3) is 0.400. The Bertz CT molecular complexity index is 1580. The number of aromatic nitrogens is 3. The van der Waals surface area contributed by atoms with Crippen molar-refractivity contribution in [1.29, 1.82) is 0 Å². The number of carbonyl (C=O) groups excluding carboxylic acids is 3. The van der Waals surface area contributed by atoms with Crippen molar-refractivity contribution in [2.45, 2.75) is 25.3 Å². The highest BCUT2D eigenvalue weighted by Gasteiger charge is 2.25. The summed E-state index contributed by atoms with van der Waals surface area (Å²) in [6, 6.07) is 5.33. The molecule has 5 N–H and O–H groups in total. The summed E-state index contributed by atoms with van der Waals surface area (Å²) in [4.78, 5) is 57.5.